The van der Waals surface area contributed by atoms with Gasteiger partial charge in [-0.3, -0.25) is 0 Å². The first kappa shape index (κ1) is 19.3. The number of hydrogen-bond donors (Lipinski definition) is 2. The highest BCUT2D eigenvalue weighted by Crippen LogP contribution is 2.13. The van der Waals surface area contributed by atoms with Crippen LogP contribution in [0, 0.1) is 0 Å². The lowest BCUT2D eigenvalue weighted by Gasteiger charge is -2.23. The van der Waals surface area contributed by atoms with Crippen LogP contribution in [0.1, 0.15) is 30.6 Å². The third-order valence-electron chi connectivity index (χ3n) is 4.57. The molecule has 3 rings (SSSR count). The van der Waals surface area contributed by atoms with Crippen LogP contribution in [0.15, 0.2) is 52.1 Å². The zero-order valence-corrected chi connectivity index (χ0v) is 15.9. The molecule has 0 aliphatic carbocycles. The van der Waals surface area contributed by atoms with Crippen LogP contribution in [0.4, 0.5) is 0 Å². The predicted molar refractivity (Wildman–Crippen MR) is 106 cm³/mol. The highest BCUT2D eigenvalue weighted by Gasteiger charge is 2.14. The Labute approximate surface area is 161 Å². The second-order valence-corrected chi connectivity index (χ2v) is 6.64. The number of furan rings is 1. The topological polar surface area (TPSA) is 68.0 Å². The molecule has 2 heterocycles. The Morgan fingerprint density at radius 1 is 1.22 bits per heavy atom. The summed E-state index contributed by atoms with van der Waals surface area (Å²) in [7, 11) is 1.68. The van der Waals surface area contributed by atoms with Gasteiger partial charge < -0.3 is 24.5 Å². The van der Waals surface area contributed by atoms with Gasteiger partial charge in [0, 0.05) is 26.1 Å². The first-order valence-electron chi connectivity index (χ1n) is 9.62. The molecule has 6 heteroatoms. The normalized spacial score (nSPS) is 17.5. The van der Waals surface area contributed by atoms with Gasteiger partial charge in [-0.15, -0.1) is 0 Å². The second-order valence-electron chi connectivity index (χ2n) is 6.64. The smallest absolute Gasteiger partial charge is 0.191 e. The Kier molecular flexibility index (Phi) is 7.59. The molecule has 1 saturated heterocycles. The molecule has 0 saturated carbocycles. The molecule has 1 aromatic carbocycles. The third-order valence-corrected chi connectivity index (χ3v) is 4.57. The van der Waals surface area contributed by atoms with Crippen LogP contribution in [0.25, 0.3) is 0 Å². The number of benzene rings is 1. The van der Waals surface area contributed by atoms with Crippen molar-refractivity contribution in [3.63, 3.8) is 0 Å². The Morgan fingerprint density at radius 3 is 2.96 bits per heavy atom. The first-order valence-corrected chi connectivity index (χ1v) is 9.62. The van der Waals surface area contributed by atoms with Crippen LogP contribution in [-0.2, 0) is 17.7 Å². The number of nitrogens with one attached hydrogen (secondary N) is 2. The van der Waals surface area contributed by atoms with E-state index in [2.05, 4.69) is 16.7 Å². The highest BCUT2D eigenvalue weighted by atomic mass is 16.5. The molecule has 0 bridgehead atoms. The van der Waals surface area contributed by atoms with Gasteiger partial charge in [0.2, 0.25) is 0 Å². The number of ether oxygens (including phenoxy) is 2. The Morgan fingerprint density at radius 2 is 2.19 bits per heavy atom. The van der Waals surface area contributed by atoms with Crippen molar-refractivity contribution in [2.45, 2.75) is 38.3 Å². The molecular formula is C21H29N3O3. The lowest BCUT2D eigenvalue weighted by molar-refractivity contribution is 0.0194. The summed E-state index contributed by atoms with van der Waals surface area (Å²) in [5.74, 6) is 2.60. The van der Waals surface area contributed by atoms with Crippen molar-refractivity contribution in [1.82, 2.24) is 10.6 Å². The molecule has 146 valence electrons. The maximum Gasteiger partial charge on any atom is 0.191 e. The lowest BCUT2D eigenvalue weighted by atomic mass is 10.1. The minimum Gasteiger partial charge on any atom is -0.497 e. The molecule has 6 nitrogen and oxygen atoms in total. The summed E-state index contributed by atoms with van der Waals surface area (Å²) in [6.45, 7) is 2.96. The van der Waals surface area contributed by atoms with Crippen molar-refractivity contribution in [2.75, 3.05) is 26.8 Å². The molecule has 2 N–H and O–H groups in total. The monoisotopic (exact) mass is 371 g/mol. The standard InChI is InChI=1S/C21H29N3O3/c1-25-19-8-4-6-17(14-19)15-23-21(22-11-10-18-9-5-13-26-18)24-16-20-7-2-3-12-27-20/h4-6,8-9,13-14,20H,2-3,7,10-12,15-16H2,1H3,(H2,22,23,24). The van der Waals surface area contributed by atoms with E-state index in [-0.39, 0.29) is 6.10 Å². The van der Waals surface area contributed by atoms with Crippen molar-refractivity contribution in [1.29, 1.82) is 0 Å². The molecule has 27 heavy (non-hydrogen) atoms. The van der Waals surface area contributed by atoms with E-state index in [9.17, 15) is 0 Å². The number of methoxy groups -OCH3 is 1. The third kappa shape index (κ3) is 6.64. The largest absolute Gasteiger partial charge is 0.497 e. The molecule has 0 amide bonds. The summed E-state index contributed by atoms with van der Waals surface area (Å²) in [5.41, 5.74) is 1.11. The van der Waals surface area contributed by atoms with Crippen LogP contribution < -0.4 is 15.4 Å². The quantitative estimate of drug-likeness (QED) is 0.551. The summed E-state index contributed by atoms with van der Waals surface area (Å²) in [6, 6.07) is 11.9. The maximum absolute atomic E-state index is 5.81. The first-order chi connectivity index (χ1) is 13.3. The number of guanidine groups is 1. The number of aliphatic imine (C=N–C) groups is 1. The Hall–Kier alpha value is -2.47. The zero-order valence-electron chi connectivity index (χ0n) is 15.9. The molecule has 1 aromatic heterocycles. The van der Waals surface area contributed by atoms with E-state index in [1.165, 1.54) is 6.42 Å². The summed E-state index contributed by atoms with van der Waals surface area (Å²) in [6.07, 6.45) is 6.26. The van der Waals surface area contributed by atoms with Crippen LogP contribution in [0.3, 0.4) is 0 Å². The highest BCUT2D eigenvalue weighted by molar-refractivity contribution is 5.79. The van der Waals surface area contributed by atoms with Crippen molar-refractivity contribution in [2.24, 2.45) is 4.99 Å². The summed E-state index contributed by atoms with van der Waals surface area (Å²) < 4.78 is 16.5. The van der Waals surface area contributed by atoms with E-state index in [0.29, 0.717) is 6.54 Å². The molecule has 1 atom stereocenters. The summed E-state index contributed by atoms with van der Waals surface area (Å²) in [5, 5.41) is 6.81. The second kappa shape index (κ2) is 10.6. The van der Waals surface area contributed by atoms with Gasteiger partial charge >= 0.3 is 0 Å². The summed E-state index contributed by atoms with van der Waals surface area (Å²) >= 11 is 0. The SMILES string of the molecule is COc1cccc(CN=C(NCCc2ccco2)NCC2CCCCO2)c1. The minimum absolute atomic E-state index is 0.257. The van der Waals surface area contributed by atoms with Crippen LogP contribution in [0.5, 0.6) is 5.75 Å². The average Bonchev–Trinajstić information content (AvgIpc) is 3.24. The Balaban J connectivity index is 1.56. The van der Waals surface area contributed by atoms with Gasteiger partial charge in [0.15, 0.2) is 5.96 Å². The number of hydrogen-bond acceptors (Lipinski definition) is 4. The van der Waals surface area contributed by atoms with Crippen LogP contribution >= 0.6 is 0 Å². The molecule has 1 aliphatic rings. The van der Waals surface area contributed by atoms with E-state index >= 15 is 0 Å². The van der Waals surface area contributed by atoms with E-state index in [1.54, 1.807) is 13.4 Å². The van der Waals surface area contributed by atoms with Crippen molar-refractivity contribution in [3.05, 3.63) is 54.0 Å². The zero-order chi connectivity index (χ0) is 18.7. The van der Waals surface area contributed by atoms with Crippen LogP contribution in [0.2, 0.25) is 0 Å². The minimum atomic E-state index is 0.257. The lowest BCUT2D eigenvalue weighted by Crippen LogP contribution is -2.43. The predicted octanol–water partition coefficient (Wildman–Crippen LogP) is 3.14. The van der Waals surface area contributed by atoms with Gasteiger partial charge in [-0.1, -0.05) is 12.1 Å². The van der Waals surface area contributed by atoms with Gasteiger partial charge in [0.25, 0.3) is 0 Å². The fourth-order valence-corrected chi connectivity index (χ4v) is 3.05. The maximum atomic E-state index is 5.81. The van der Waals surface area contributed by atoms with Gasteiger partial charge in [-0.2, -0.15) is 0 Å². The average molecular weight is 371 g/mol. The van der Waals surface area contributed by atoms with Gasteiger partial charge in [0.05, 0.1) is 26.0 Å². The van der Waals surface area contributed by atoms with E-state index in [1.807, 2.05) is 30.3 Å². The van der Waals surface area contributed by atoms with Crippen molar-refractivity contribution < 1.29 is 13.9 Å². The van der Waals surface area contributed by atoms with Gasteiger partial charge in [-0.05, 0) is 49.1 Å². The number of rotatable bonds is 8. The van der Waals surface area contributed by atoms with Crippen LogP contribution in [-0.4, -0.2) is 38.9 Å². The molecule has 1 fully saturated rings. The molecule has 2 aromatic rings. The molecular weight excluding hydrogens is 342 g/mol. The van der Waals surface area contributed by atoms with Crippen molar-refractivity contribution >= 4 is 5.96 Å². The molecule has 1 aliphatic heterocycles. The van der Waals surface area contributed by atoms with Gasteiger partial charge in [0.1, 0.15) is 11.5 Å². The molecule has 1 unspecified atom stereocenters. The van der Waals surface area contributed by atoms with Gasteiger partial charge in [-0.25, -0.2) is 4.99 Å². The van der Waals surface area contributed by atoms with E-state index in [0.717, 1.165) is 62.0 Å². The summed E-state index contributed by atoms with van der Waals surface area (Å²) in [4.78, 5) is 4.73. The molecule has 0 spiro atoms. The molecule has 0 radical (unpaired) electrons. The fourth-order valence-electron chi connectivity index (χ4n) is 3.05. The van der Waals surface area contributed by atoms with Crippen molar-refractivity contribution in [3.8, 4) is 5.75 Å². The van der Waals surface area contributed by atoms with E-state index in [4.69, 9.17) is 18.9 Å². The van der Waals surface area contributed by atoms with E-state index < -0.39 is 0 Å². The Bertz CT molecular complexity index is 694. The fraction of sp³-hybridized carbons (Fsp3) is 0.476. The number of nitrogens with zero attached hydrogens (tertiary/aromatic N) is 1.